The van der Waals surface area contributed by atoms with Crippen LogP contribution in [0, 0.1) is 10.1 Å². The molecule has 0 atom stereocenters. The van der Waals surface area contributed by atoms with Gasteiger partial charge in [0.1, 0.15) is 12.7 Å². The highest BCUT2D eigenvalue weighted by Crippen LogP contribution is 2.19. The molecule has 0 aliphatic rings. The van der Waals surface area contributed by atoms with Crippen molar-refractivity contribution in [1.29, 1.82) is 0 Å². The molecule has 3 aromatic rings. The minimum absolute atomic E-state index is 0.00311. The lowest BCUT2D eigenvalue weighted by Gasteiger charge is -2.08. The van der Waals surface area contributed by atoms with Gasteiger partial charge in [-0.2, -0.15) is 5.10 Å². The summed E-state index contributed by atoms with van der Waals surface area (Å²) in [5, 5.41) is 17.5. The number of benzene rings is 2. The first kappa shape index (κ1) is 16.1. The Morgan fingerprint density at radius 1 is 1.16 bits per heavy atom. The van der Waals surface area contributed by atoms with Gasteiger partial charge in [-0.15, -0.1) is 0 Å². The van der Waals surface area contributed by atoms with Gasteiger partial charge >= 0.3 is 0 Å². The molecule has 124 valence electrons. The third-order valence-electron chi connectivity index (χ3n) is 3.36. The van der Waals surface area contributed by atoms with E-state index in [4.69, 9.17) is 0 Å². The number of rotatable bonds is 5. The van der Waals surface area contributed by atoms with Crippen molar-refractivity contribution in [3.05, 3.63) is 82.9 Å². The summed E-state index contributed by atoms with van der Waals surface area (Å²) in [4.78, 5) is 26.2. The van der Waals surface area contributed by atoms with Gasteiger partial charge in [-0.05, 0) is 35.9 Å². The number of para-hydroxylation sites is 2. The summed E-state index contributed by atoms with van der Waals surface area (Å²) in [5.74, 6) is -0.328. The van der Waals surface area contributed by atoms with Crippen LogP contribution in [0.4, 0.5) is 11.4 Å². The molecule has 0 aliphatic heterocycles. The van der Waals surface area contributed by atoms with Crippen molar-refractivity contribution < 1.29 is 9.72 Å². The van der Waals surface area contributed by atoms with E-state index in [2.05, 4.69) is 15.4 Å². The molecule has 0 saturated carbocycles. The second-order valence-electron chi connectivity index (χ2n) is 5.03. The number of aromatic nitrogens is 3. The molecular weight excluding hydrogens is 322 g/mol. The summed E-state index contributed by atoms with van der Waals surface area (Å²) < 4.78 is 1.55. The summed E-state index contributed by atoms with van der Waals surface area (Å²) in [7, 11) is 0. The Morgan fingerprint density at radius 2 is 1.92 bits per heavy atom. The number of hydrogen-bond acceptors (Lipinski definition) is 5. The van der Waals surface area contributed by atoms with Crippen molar-refractivity contribution in [3.8, 4) is 5.69 Å². The maximum absolute atomic E-state index is 12.1. The zero-order chi connectivity index (χ0) is 17.6. The van der Waals surface area contributed by atoms with Crippen LogP contribution in [-0.4, -0.2) is 25.6 Å². The van der Waals surface area contributed by atoms with E-state index in [9.17, 15) is 14.9 Å². The molecule has 8 heteroatoms. The molecule has 0 bridgehead atoms. The van der Waals surface area contributed by atoms with E-state index in [1.807, 2.05) is 12.1 Å². The van der Waals surface area contributed by atoms with E-state index in [0.717, 1.165) is 0 Å². The van der Waals surface area contributed by atoms with Gasteiger partial charge in [0.25, 0.3) is 5.69 Å². The Hall–Kier alpha value is -3.81. The lowest BCUT2D eigenvalue weighted by molar-refractivity contribution is -0.384. The number of nitrogens with zero attached hydrogens (tertiary/aromatic N) is 4. The zero-order valence-corrected chi connectivity index (χ0v) is 12.9. The molecule has 0 fully saturated rings. The molecule has 2 aromatic carbocycles. The number of hydrogen-bond donors (Lipinski definition) is 1. The number of amides is 1. The molecule has 0 radical (unpaired) electrons. The average molecular weight is 335 g/mol. The Kier molecular flexibility index (Phi) is 4.61. The molecule has 8 nitrogen and oxygen atoms in total. The monoisotopic (exact) mass is 335 g/mol. The SMILES string of the molecule is O=C(/C=C/c1ccc([N+](=O)[O-])cc1)Nc1ccccc1-n1cncn1. The summed E-state index contributed by atoms with van der Waals surface area (Å²) >= 11 is 0. The molecule has 3 rings (SSSR count). The Bertz CT molecular complexity index is 918. The fourth-order valence-corrected chi connectivity index (χ4v) is 2.17. The van der Waals surface area contributed by atoms with Gasteiger partial charge in [0.15, 0.2) is 0 Å². The van der Waals surface area contributed by atoms with Gasteiger partial charge < -0.3 is 5.32 Å². The minimum atomic E-state index is -0.471. The summed E-state index contributed by atoms with van der Waals surface area (Å²) in [6.45, 7) is 0. The number of carbonyl (C=O) groups excluding carboxylic acids is 1. The topological polar surface area (TPSA) is 103 Å². The van der Waals surface area contributed by atoms with Gasteiger partial charge in [0.2, 0.25) is 5.91 Å². The molecule has 25 heavy (non-hydrogen) atoms. The van der Waals surface area contributed by atoms with E-state index in [-0.39, 0.29) is 11.6 Å². The molecule has 0 unspecified atom stereocenters. The second kappa shape index (κ2) is 7.18. The van der Waals surface area contributed by atoms with E-state index < -0.39 is 4.92 Å². The van der Waals surface area contributed by atoms with Crippen LogP contribution in [0.3, 0.4) is 0 Å². The standard InChI is InChI=1S/C17H13N5O3/c23-17(10-7-13-5-8-14(9-6-13)22(24)25)20-15-3-1-2-4-16(15)21-12-18-11-19-21/h1-12H,(H,20,23)/b10-7+. The maximum atomic E-state index is 12.1. The number of anilines is 1. The smallest absolute Gasteiger partial charge is 0.269 e. The van der Waals surface area contributed by atoms with Gasteiger partial charge in [0, 0.05) is 18.2 Å². The fourth-order valence-electron chi connectivity index (χ4n) is 2.17. The predicted molar refractivity (Wildman–Crippen MR) is 92.1 cm³/mol. The molecular formula is C17H13N5O3. The van der Waals surface area contributed by atoms with Gasteiger partial charge in [-0.25, -0.2) is 9.67 Å². The number of nitro benzene ring substituents is 1. The second-order valence-corrected chi connectivity index (χ2v) is 5.03. The molecule has 0 aliphatic carbocycles. The van der Waals surface area contributed by atoms with Crippen molar-refractivity contribution in [2.75, 3.05) is 5.32 Å². The lowest BCUT2D eigenvalue weighted by atomic mass is 10.2. The van der Waals surface area contributed by atoms with Crippen LogP contribution in [0.2, 0.25) is 0 Å². The lowest BCUT2D eigenvalue weighted by Crippen LogP contribution is -2.10. The van der Waals surface area contributed by atoms with Crippen molar-refractivity contribution in [3.63, 3.8) is 0 Å². The third-order valence-corrected chi connectivity index (χ3v) is 3.36. The molecule has 1 aromatic heterocycles. The van der Waals surface area contributed by atoms with Gasteiger partial charge in [-0.1, -0.05) is 12.1 Å². The van der Waals surface area contributed by atoms with Crippen molar-refractivity contribution in [1.82, 2.24) is 14.8 Å². The van der Waals surface area contributed by atoms with Crippen LogP contribution in [0.25, 0.3) is 11.8 Å². The van der Waals surface area contributed by atoms with Crippen LogP contribution in [-0.2, 0) is 4.79 Å². The first-order chi connectivity index (χ1) is 12.1. The Labute approximate surface area is 142 Å². The van der Waals surface area contributed by atoms with Crippen LogP contribution >= 0.6 is 0 Å². The number of non-ortho nitro benzene ring substituents is 1. The highest BCUT2D eigenvalue weighted by molar-refractivity contribution is 6.03. The number of carbonyl (C=O) groups is 1. The number of nitrogens with one attached hydrogen (secondary N) is 1. The van der Waals surface area contributed by atoms with E-state index in [1.165, 1.54) is 30.9 Å². The summed E-state index contributed by atoms with van der Waals surface area (Å²) in [6.07, 6.45) is 5.89. The Morgan fingerprint density at radius 3 is 2.60 bits per heavy atom. The highest BCUT2D eigenvalue weighted by Gasteiger charge is 2.07. The largest absolute Gasteiger partial charge is 0.321 e. The maximum Gasteiger partial charge on any atom is 0.269 e. The highest BCUT2D eigenvalue weighted by atomic mass is 16.6. The van der Waals surface area contributed by atoms with Crippen LogP contribution in [0.15, 0.2) is 67.3 Å². The molecule has 1 N–H and O–H groups in total. The molecule has 1 amide bonds. The summed E-state index contributed by atoms with van der Waals surface area (Å²) in [6, 6.07) is 13.1. The predicted octanol–water partition coefficient (Wildman–Crippen LogP) is 2.83. The minimum Gasteiger partial charge on any atom is -0.321 e. The van der Waals surface area contributed by atoms with Crippen LogP contribution in [0.5, 0.6) is 0 Å². The first-order valence-electron chi connectivity index (χ1n) is 7.31. The van der Waals surface area contributed by atoms with E-state index in [1.54, 1.807) is 35.0 Å². The van der Waals surface area contributed by atoms with E-state index >= 15 is 0 Å². The van der Waals surface area contributed by atoms with Crippen molar-refractivity contribution >= 4 is 23.4 Å². The van der Waals surface area contributed by atoms with Gasteiger partial charge in [0.05, 0.1) is 16.3 Å². The Balaban J connectivity index is 1.72. The van der Waals surface area contributed by atoms with Crippen LogP contribution < -0.4 is 5.32 Å². The first-order valence-corrected chi connectivity index (χ1v) is 7.31. The van der Waals surface area contributed by atoms with Crippen LogP contribution in [0.1, 0.15) is 5.56 Å². The zero-order valence-electron chi connectivity index (χ0n) is 12.9. The average Bonchev–Trinajstić information content (AvgIpc) is 3.15. The fraction of sp³-hybridized carbons (Fsp3) is 0. The van der Waals surface area contributed by atoms with E-state index in [0.29, 0.717) is 16.9 Å². The quantitative estimate of drug-likeness (QED) is 0.439. The van der Waals surface area contributed by atoms with Crippen molar-refractivity contribution in [2.24, 2.45) is 0 Å². The normalized spacial score (nSPS) is 10.7. The molecule has 0 spiro atoms. The molecule has 1 heterocycles. The van der Waals surface area contributed by atoms with Crippen molar-refractivity contribution in [2.45, 2.75) is 0 Å². The molecule has 0 saturated heterocycles. The summed E-state index contributed by atoms with van der Waals surface area (Å²) in [5.41, 5.74) is 1.97. The van der Waals surface area contributed by atoms with Gasteiger partial charge in [-0.3, -0.25) is 14.9 Å². The number of nitro groups is 1. The third kappa shape index (κ3) is 3.94.